The Balaban J connectivity index is 0.000000144. The Hall–Kier alpha value is -6.42. The van der Waals surface area contributed by atoms with E-state index in [1.807, 2.05) is 48.8 Å². The highest BCUT2D eigenvalue weighted by Gasteiger charge is 2.40. The van der Waals surface area contributed by atoms with Crippen molar-refractivity contribution in [1.29, 1.82) is 0 Å². The van der Waals surface area contributed by atoms with Crippen LogP contribution < -0.4 is 10.6 Å². The van der Waals surface area contributed by atoms with Gasteiger partial charge < -0.3 is 10.6 Å². The highest BCUT2D eigenvalue weighted by Crippen LogP contribution is 2.43. The molecular formula is C45H42N8O2. The van der Waals surface area contributed by atoms with E-state index in [2.05, 4.69) is 126 Å². The molecule has 0 radical (unpaired) electrons. The lowest BCUT2D eigenvalue weighted by Crippen LogP contribution is -2.32. The molecule has 0 bridgehead atoms. The molecule has 10 rings (SSSR count). The lowest BCUT2D eigenvalue weighted by Gasteiger charge is -2.33. The van der Waals surface area contributed by atoms with Gasteiger partial charge in [-0.25, -0.2) is 0 Å². The fourth-order valence-electron chi connectivity index (χ4n) is 7.94. The molecule has 4 aromatic heterocycles. The predicted octanol–water partition coefficient (Wildman–Crippen LogP) is 7.81. The lowest BCUT2D eigenvalue weighted by atomic mass is 9.70. The molecule has 0 saturated heterocycles. The van der Waals surface area contributed by atoms with Crippen molar-refractivity contribution in [2.75, 3.05) is 10.6 Å². The van der Waals surface area contributed by atoms with Crippen LogP contribution in [-0.2, 0) is 33.3 Å². The topological polar surface area (TPSA) is 141 Å². The standard InChI is InChI=1S/C23H22N4O.C22H20N4O/c28-22(16-7-6-8-16)25-21-18-12-13-23(15-19(18)26-27-21,17-9-2-1-3-10-17)20-11-4-5-14-24-20;27-21(15-9-10-15)24-20-17-11-12-22(14-18(17)25-26-20,16-6-2-1-3-7-16)19-8-4-5-13-23-19/h1-5,9-14,16H,6-8,15H2,(H2,25,26,27,28);1-8,11-13,15H,9-10,14H2,(H2,24,25,26,27). The Morgan fingerprint density at radius 1 is 0.564 bits per heavy atom. The second-order valence-electron chi connectivity index (χ2n) is 14.9. The van der Waals surface area contributed by atoms with Crippen LogP contribution >= 0.6 is 0 Å². The van der Waals surface area contributed by atoms with Gasteiger partial charge in [-0.15, -0.1) is 0 Å². The van der Waals surface area contributed by atoms with Crippen molar-refractivity contribution >= 4 is 35.6 Å². The first kappa shape index (κ1) is 34.4. The zero-order chi connectivity index (χ0) is 37.2. The summed E-state index contributed by atoms with van der Waals surface area (Å²) < 4.78 is 0. The molecule has 0 aliphatic heterocycles. The van der Waals surface area contributed by atoms with Crippen LogP contribution in [0.3, 0.4) is 0 Å². The Morgan fingerprint density at radius 2 is 1.00 bits per heavy atom. The number of aromatic nitrogens is 6. The van der Waals surface area contributed by atoms with E-state index in [9.17, 15) is 9.59 Å². The van der Waals surface area contributed by atoms with Crippen molar-refractivity contribution in [3.63, 3.8) is 0 Å². The fourth-order valence-corrected chi connectivity index (χ4v) is 7.94. The van der Waals surface area contributed by atoms with Crippen molar-refractivity contribution in [1.82, 2.24) is 30.4 Å². The third-order valence-electron chi connectivity index (χ3n) is 11.5. The smallest absolute Gasteiger partial charge is 0.228 e. The molecule has 2 saturated carbocycles. The minimum Gasteiger partial charge on any atom is -0.308 e. The summed E-state index contributed by atoms with van der Waals surface area (Å²) >= 11 is 0. The summed E-state index contributed by atoms with van der Waals surface area (Å²) in [4.78, 5) is 33.8. The van der Waals surface area contributed by atoms with Crippen molar-refractivity contribution in [3.8, 4) is 0 Å². The van der Waals surface area contributed by atoms with Crippen molar-refractivity contribution < 1.29 is 9.59 Å². The Labute approximate surface area is 319 Å². The van der Waals surface area contributed by atoms with Gasteiger partial charge in [-0.1, -0.05) is 104 Å². The van der Waals surface area contributed by atoms with Gasteiger partial charge in [-0.3, -0.25) is 29.8 Å². The van der Waals surface area contributed by atoms with Crippen LogP contribution in [0.1, 0.15) is 77.1 Å². The van der Waals surface area contributed by atoms with E-state index in [-0.39, 0.29) is 34.5 Å². The van der Waals surface area contributed by atoms with Crippen LogP contribution in [-0.4, -0.2) is 42.2 Å². The van der Waals surface area contributed by atoms with E-state index in [1.54, 1.807) is 0 Å². The number of hydrogen-bond acceptors (Lipinski definition) is 6. The lowest BCUT2D eigenvalue weighted by molar-refractivity contribution is -0.122. The first-order valence-electron chi connectivity index (χ1n) is 19.1. The highest BCUT2D eigenvalue weighted by atomic mass is 16.2. The zero-order valence-corrected chi connectivity index (χ0v) is 30.4. The van der Waals surface area contributed by atoms with Gasteiger partial charge in [-0.05, 0) is 61.1 Å². The number of nitrogens with zero attached hydrogens (tertiary/aromatic N) is 4. The van der Waals surface area contributed by atoms with Gasteiger partial charge >= 0.3 is 0 Å². The fraction of sp³-hybridized carbons (Fsp3) is 0.244. The average molecular weight is 727 g/mol. The molecule has 4 N–H and O–H groups in total. The molecule has 4 aliphatic carbocycles. The molecule has 10 heteroatoms. The SMILES string of the molecule is O=C(Nc1n[nH]c2c1C=CC(c1ccccc1)(c1ccccn1)C2)C1CC1.O=C(Nc1n[nH]c2c1C=CC(c1ccccc1)(c1ccccn1)C2)C1CCC1. The molecule has 55 heavy (non-hydrogen) atoms. The summed E-state index contributed by atoms with van der Waals surface area (Å²) in [6.07, 6.45) is 18.7. The summed E-state index contributed by atoms with van der Waals surface area (Å²) in [5.74, 6) is 1.70. The van der Waals surface area contributed by atoms with Gasteiger partial charge in [0.05, 0.1) is 22.2 Å². The molecule has 2 unspecified atom stereocenters. The Bertz CT molecular complexity index is 2280. The molecule has 2 atom stereocenters. The van der Waals surface area contributed by atoms with Gasteiger partial charge in [0.1, 0.15) is 0 Å². The molecule has 4 aliphatic rings. The number of anilines is 2. The number of carbonyl (C=O) groups excluding carboxylic acids is 2. The zero-order valence-electron chi connectivity index (χ0n) is 30.4. The molecule has 2 fully saturated rings. The van der Waals surface area contributed by atoms with Gasteiger partial charge in [0.25, 0.3) is 0 Å². The van der Waals surface area contributed by atoms with Crippen LogP contribution in [0.4, 0.5) is 11.6 Å². The van der Waals surface area contributed by atoms with E-state index in [0.29, 0.717) is 24.5 Å². The number of fused-ring (bicyclic) bond motifs is 2. The van der Waals surface area contributed by atoms with Gasteiger partial charge in [0, 0.05) is 59.6 Å². The Morgan fingerprint density at radius 3 is 1.38 bits per heavy atom. The van der Waals surface area contributed by atoms with Crippen molar-refractivity contribution in [2.24, 2.45) is 11.8 Å². The number of aromatic amines is 2. The van der Waals surface area contributed by atoms with Crippen molar-refractivity contribution in [3.05, 3.63) is 167 Å². The largest absolute Gasteiger partial charge is 0.308 e. The molecule has 2 amide bonds. The van der Waals surface area contributed by atoms with Gasteiger partial charge in [0.2, 0.25) is 11.8 Å². The van der Waals surface area contributed by atoms with Crippen LogP contribution in [0.2, 0.25) is 0 Å². The van der Waals surface area contributed by atoms with Crippen LogP contribution in [0.25, 0.3) is 12.2 Å². The summed E-state index contributed by atoms with van der Waals surface area (Å²) in [7, 11) is 0. The van der Waals surface area contributed by atoms with Crippen LogP contribution in [0.5, 0.6) is 0 Å². The van der Waals surface area contributed by atoms with Gasteiger partial charge in [-0.2, -0.15) is 10.2 Å². The van der Waals surface area contributed by atoms with Gasteiger partial charge in [0.15, 0.2) is 11.6 Å². The van der Waals surface area contributed by atoms with E-state index >= 15 is 0 Å². The third kappa shape index (κ3) is 6.58. The number of rotatable bonds is 8. The number of nitrogens with one attached hydrogen (secondary N) is 4. The van der Waals surface area contributed by atoms with E-state index in [0.717, 1.165) is 66.0 Å². The maximum absolute atomic E-state index is 12.3. The predicted molar refractivity (Wildman–Crippen MR) is 213 cm³/mol. The molecule has 6 aromatic rings. The molecule has 10 nitrogen and oxygen atoms in total. The van der Waals surface area contributed by atoms with E-state index in [1.165, 1.54) is 11.1 Å². The normalized spacial score (nSPS) is 20.9. The minimum absolute atomic E-state index is 0.0716. The number of benzene rings is 2. The molecule has 0 spiro atoms. The number of allylic oxidation sites excluding steroid dienone is 2. The van der Waals surface area contributed by atoms with Crippen molar-refractivity contribution in [2.45, 2.75) is 55.8 Å². The molecule has 4 heterocycles. The average Bonchev–Trinajstić information content (AvgIpc) is 3.91. The molecule has 274 valence electrons. The minimum atomic E-state index is -0.364. The maximum atomic E-state index is 12.3. The van der Waals surface area contributed by atoms with Crippen LogP contribution in [0.15, 0.2) is 122 Å². The third-order valence-corrected chi connectivity index (χ3v) is 11.5. The van der Waals surface area contributed by atoms with E-state index in [4.69, 9.17) is 0 Å². The first-order valence-corrected chi connectivity index (χ1v) is 19.1. The number of hydrogen-bond donors (Lipinski definition) is 4. The molecular weight excluding hydrogens is 685 g/mol. The summed E-state index contributed by atoms with van der Waals surface area (Å²) in [5.41, 5.74) is 7.60. The number of H-pyrrole nitrogens is 2. The summed E-state index contributed by atoms with van der Waals surface area (Å²) in [6, 6.07) is 32.9. The quantitative estimate of drug-likeness (QED) is 0.126. The highest BCUT2D eigenvalue weighted by molar-refractivity contribution is 5.95. The maximum Gasteiger partial charge on any atom is 0.228 e. The first-order chi connectivity index (χ1) is 27.0. The summed E-state index contributed by atoms with van der Waals surface area (Å²) in [5, 5.41) is 21.1. The number of carbonyl (C=O) groups is 2. The molecule has 2 aromatic carbocycles. The number of amides is 2. The Kier molecular flexibility index (Phi) is 9.01. The second kappa shape index (κ2) is 14.4. The van der Waals surface area contributed by atoms with Crippen LogP contribution in [0, 0.1) is 11.8 Å². The monoisotopic (exact) mass is 726 g/mol. The van der Waals surface area contributed by atoms with E-state index < -0.39 is 0 Å². The second-order valence-corrected chi connectivity index (χ2v) is 14.9. The summed E-state index contributed by atoms with van der Waals surface area (Å²) in [6.45, 7) is 0. The number of pyridine rings is 2.